The molecule has 0 radical (unpaired) electrons. The quantitative estimate of drug-likeness (QED) is 0.213. The lowest BCUT2D eigenvalue weighted by Crippen LogP contribution is -2.16. The summed E-state index contributed by atoms with van der Waals surface area (Å²) in [4.78, 5) is 24.6. The minimum Gasteiger partial charge on any atom is -0.324 e. The third-order valence-corrected chi connectivity index (χ3v) is 6.64. The van der Waals surface area contributed by atoms with Crippen LogP contribution in [-0.4, -0.2) is 34.9 Å². The average Bonchev–Trinajstić information content (AvgIpc) is 2.90. The topological polar surface area (TPSA) is 70.2 Å². The second-order valence-electron chi connectivity index (χ2n) is 9.58. The molecule has 2 N–H and O–H groups in total. The van der Waals surface area contributed by atoms with Crippen LogP contribution in [0, 0.1) is 6.92 Å². The van der Waals surface area contributed by atoms with E-state index in [1.54, 1.807) is 18.2 Å². The molecule has 0 aliphatic heterocycles. The fraction of sp³-hybridized carbons (Fsp3) is 0.129. The Kier molecular flexibility index (Phi) is 7.79. The molecule has 5 rings (SSSR count). The van der Waals surface area contributed by atoms with Crippen LogP contribution < -0.4 is 10.6 Å². The molecule has 0 spiro atoms. The molecule has 0 aliphatic rings. The summed E-state index contributed by atoms with van der Waals surface area (Å²) in [6, 6.07) is 26.4. The molecule has 0 atom stereocenters. The number of rotatable bonds is 7. The number of para-hydroxylation sites is 1. The minimum absolute atomic E-state index is 0.155. The van der Waals surface area contributed by atoms with E-state index >= 15 is 0 Å². The van der Waals surface area contributed by atoms with Gasteiger partial charge in [0.25, 0.3) is 5.91 Å². The summed E-state index contributed by atoms with van der Waals surface area (Å²) in [5, 5.41) is 8.45. The van der Waals surface area contributed by atoms with E-state index in [-0.39, 0.29) is 5.91 Å². The van der Waals surface area contributed by atoms with E-state index < -0.39 is 0 Å². The van der Waals surface area contributed by atoms with Gasteiger partial charge < -0.3 is 15.5 Å². The molecule has 0 bridgehead atoms. The lowest BCUT2D eigenvalue weighted by molar-refractivity contribution is 0.102. The van der Waals surface area contributed by atoms with Crippen molar-refractivity contribution in [2.45, 2.75) is 13.5 Å². The van der Waals surface area contributed by atoms with Crippen molar-refractivity contribution in [2.75, 3.05) is 24.7 Å². The Labute approximate surface area is 237 Å². The highest BCUT2D eigenvalue weighted by Gasteiger charge is 2.16. The van der Waals surface area contributed by atoms with Crippen molar-refractivity contribution in [1.82, 2.24) is 14.9 Å². The molecule has 0 saturated heterocycles. The Morgan fingerprint density at radius 1 is 0.846 bits per heavy atom. The number of aryl methyl sites for hydroxylation is 1. The molecule has 196 valence electrons. The number of carbonyl (C=O) groups is 1. The third kappa shape index (κ3) is 6.20. The second kappa shape index (κ2) is 11.4. The Balaban J connectivity index is 1.55. The molecule has 1 heterocycles. The summed E-state index contributed by atoms with van der Waals surface area (Å²) < 4.78 is 0. The van der Waals surface area contributed by atoms with E-state index in [1.807, 2.05) is 87.7 Å². The lowest BCUT2D eigenvalue weighted by Gasteiger charge is -2.19. The van der Waals surface area contributed by atoms with Crippen molar-refractivity contribution < 1.29 is 4.79 Å². The van der Waals surface area contributed by atoms with Crippen LogP contribution in [0.5, 0.6) is 0 Å². The van der Waals surface area contributed by atoms with Crippen molar-refractivity contribution in [3.8, 4) is 11.3 Å². The van der Waals surface area contributed by atoms with Gasteiger partial charge in [-0.1, -0.05) is 59.6 Å². The van der Waals surface area contributed by atoms with E-state index in [0.717, 1.165) is 44.7 Å². The maximum atomic E-state index is 12.8. The van der Waals surface area contributed by atoms with Crippen LogP contribution in [-0.2, 0) is 6.54 Å². The van der Waals surface area contributed by atoms with Gasteiger partial charge in [0.15, 0.2) is 0 Å². The second-order valence-corrected chi connectivity index (χ2v) is 10.5. The van der Waals surface area contributed by atoms with Gasteiger partial charge >= 0.3 is 0 Å². The van der Waals surface area contributed by atoms with Gasteiger partial charge in [-0.05, 0) is 80.7 Å². The van der Waals surface area contributed by atoms with E-state index in [1.165, 1.54) is 0 Å². The van der Waals surface area contributed by atoms with Crippen LogP contribution >= 0.6 is 23.2 Å². The van der Waals surface area contributed by atoms with Gasteiger partial charge in [0.05, 0.1) is 11.2 Å². The van der Waals surface area contributed by atoms with Crippen molar-refractivity contribution in [1.29, 1.82) is 0 Å². The number of nitrogens with one attached hydrogen (secondary N) is 2. The number of aromatic nitrogens is 2. The van der Waals surface area contributed by atoms with Crippen LogP contribution in [0.3, 0.4) is 0 Å². The highest BCUT2D eigenvalue weighted by molar-refractivity contribution is 6.35. The van der Waals surface area contributed by atoms with Crippen molar-refractivity contribution in [3.05, 3.63) is 112 Å². The summed E-state index contributed by atoms with van der Waals surface area (Å²) in [5.74, 6) is 0.290. The van der Waals surface area contributed by atoms with Gasteiger partial charge in [0, 0.05) is 44.5 Å². The molecule has 4 aromatic carbocycles. The normalized spacial score (nSPS) is 11.1. The Morgan fingerprint density at radius 3 is 2.26 bits per heavy atom. The molecule has 0 aliphatic carbocycles. The van der Waals surface area contributed by atoms with Crippen LogP contribution in [0.2, 0.25) is 10.0 Å². The zero-order chi connectivity index (χ0) is 27.5. The van der Waals surface area contributed by atoms with Gasteiger partial charge in [-0.25, -0.2) is 9.97 Å². The monoisotopic (exact) mass is 555 g/mol. The van der Waals surface area contributed by atoms with Crippen molar-refractivity contribution >= 4 is 57.3 Å². The number of fused-ring (bicyclic) bond motifs is 1. The molecular formula is C31H27Cl2N5O. The maximum absolute atomic E-state index is 12.8. The Morgan fingerprint density at radius 2 is 1.54 bits per heavy atom. The number of hydrogen-bond acceptors (Lipinski definition) is 5. The van der Waals surface area contributed by atoms with Crippen LogP contribution in [0.25, 0.3) is 22.2 Å². The Hall–Kier alpha value is -3.97. The van der Waals surface area contributed by atoms with E-state index in [9.17, 15) is 4.79 Å². The molecule has 0 unspecified atom stereocenters. The molecule has 8 heteroatoms. The summed E-state index contributed by atoms with van der Waals surface area (Å²) in [6.07, 6.45) is 0. The number of hydrogen-bond donors (Lipinski definition) is 2. The fourth-order valence-corrected chi connectivity index (χ4v) is 4.95. The number of carbonyl (C=O) groups excluding carboxylic acids is 1. The summed E-state index contributed by atoms with van der Waals surface area (Å²) in [5.41, 5.74) is 6.42. The molecule has 6 nitrogen and oxygen atoms in total. The molecule has 39 heavy (non-hydrogen) atoms. The summed E-state index contributed by atoms with van der Waals surface area (Å²) in [6.45, 7) is 2.60. The number of halogens is 2. The average molecular weight is 556 g/mol. The van der Waals surface area contributed by atoms with E-state index in [2.05, 4.69) is 15.5 Å². The van der Waals surface area contributed by atoms with Crippen LogP contribution in [0.4, 0.5) is 17.3 Å². The van der Waals surface area contributed by atoms with Crippen LogP contribution in [0.1, 0.15) is 21.5 Å². The molecule has 5 aromatic rings. The zero-order valence-electron chi connectivity index (χ0n) is 21.8. The van der Waals surface area contributed by atoms with Crippen molar-refractivity contribution in [3.63, 3.8) is 0 Å². The number of benzene rings is 4. The first-order chi connectivity index (χ1) is 18.8. The molecule has 1 aromatic heterocycles. The predicted molar refractivity (Wildman–Crippen MR) is 161 cm³/mol. The zero-order valence-corrected chi connectivity index (χ0v) is 23.3. The number of amides is 1. The van der Waals surface area contributed by atoms with E-state index in [0.29, 0.717) is 28.1 Å². The first kappa shape index (κ1) is 26.6. The predicted octanol–water partition coefficient (Wildman–Crippen LogP) is 7.97. The number of anilines is 3. The molecule has 1 amide bonds. The first-order valence-corrected chi connectivity index (χ1v) is 13.2. The summed E-state index contributed by atoms with van der Waals surface area (Å²) >= 11 is 12.6. The fourth-order valence-electron chi connectivity index (χ4n) is 4.42. The van der Waals surface area contributed by atoms with Crippen LogP contribution in [0.15, 0.2) is 84.9 Å². The minimum atomic E-state index is -0.155. The number of nitrogens with zero attached hydrogens (tertiary/aromatic N) is 3. The molecule has 0 saturated carbocycles. The van der Waals surface area contributed by atoms with Gasteiger partial charge in [-0.2, -0.15) is 0 Å². The van der Waals surface area contributed by atoms with E-state index in [4.69, 9.17) is 33.2 Å². The first-order valence-electron chi connectivity index (χ1n) is 12.4. The molecule has 0 fully saturated rings. The SMILES string of the molecule is Cc1cc(Nc2nc(-c3cc(Cl)cc(Cl)c3)c3ccccc3n2)c(CN(C)C)cc1NC(=O)c1ccccc1. The molecular weight excluding hydrogens is 529 g/mol. The van der Waals surface area contributed by atoms with Gasteiger partial charge in [-0.3, -0.25) is 4.79 Å². The van der Waals surface area contributed by atoms with Gasteiger partial charge in [0.2, 0.25) is 5.95 Å². The lowest BCUT2D eigenvalue weighted by atomic mass is 10.1. The highest BCUT2D eigenvalue weighted by atomic mass is 35.5. The highest BCUT2D eigenvalue weighted by Crippen LogP contribution is 2.33. The smallest absolute Gasteiger partial charge is 0.255 e. The summed E-state index contributed by atoms with van der Waals surface area (Å²) in [7, 11) is 4.00. The maximum Gasteiger partial charge on any atom is 0.255 e. The standard InChI is InChI=1S/C31H27Cl2N5O/c1-19-13-28(22(18-38(2)3)16-27(19)34-30(39)20-9-5-4-6-10-20)36-31-35-26-12-8-7-11-25(26)29(37-31)21-14-23(32)17-24(33)15-21/h4-17H,18H2,1-3H3,(H,34,39)(H,35,36,37). The van der Waals surface area contributed by atoms with Gasteiger partial charge in [0.1, 0.15) is 0 Å². The third-order valence-electron chi connectivity index (χ3n) is 6.21. The Bertz CT molecular complexity index is 1650. The van der Waals surface area contributed by atoms with Crippen molar-refractivity contribution in [2.24, 2.45) is 0 Å². The van der Waals surface area contributed by atoms with Gasteiger partial charge in [-0.15, -0.1) is 0 Å². The largest absolute Gasteiger partial charge is 0.324 e.